The molecule has 0 aromatic heterocycles. The Labute approximate surface area is 107 Å². The van der Waals surface area contributed by atoms with Gasteiger partial charge >= 0.3 is 0 Å². The third-order valence-corrected chi connectivity index (χ3v) is 2.99. The third kappa shape index (κ3) is 13.6. The highest BCUT2D eigenvalue weighted by Gasteiger charge is 1.96. The fraction of sp³-hybridized carbons (Fsp3) is 0.867. The normalized spacial score (nSPS) is 12.6. The Morgan fingerprint density at radius 3 is 1.88 bits per heavy atom. The van der Waals surface area contributed by atoms with Crippen molar-refractivity contribution < 1.29 is 9.84 Å². The summed E-state index contributed by atoms with van der Waals surface area (Å²) in [5, 5.41) is 9.06. The largest absolute Gasteiger partial charge is 0.365 e. The predicted octanol–water partition coefficient (Wildman–Crippen LogP) is 4.43. The van der Waals surface area contributed by atoms with Gasteiger partial charge < -0.3 is 9.84 Å². The van der Waals surface area contributed by atoms with Crippen LogP contribution < -0.4 is 0 Å². The standard InChI is InChI=1S/C15H30O2/c1-3-5-6-7-8-9-10-11-12-13-14-17-15(16)4-2/h4,15-16H,2-3,5-14H2,1H3. The smallest absolute Gasteiger partial charge is 0.173 e. The fourth-order valence-corrected chi connectivity index (χ4v) is 1.86. The molecule has 1 unspecified atom stereocenters. The van der Waals surface area contributed by atoms with E-state index in [0.29, 0.717) is 6.61 Å². The first-order valence-electron chi connectivity index (χ1n) is 7.23. The fourth-order valence-electron chi connectivity index (χ4n) is 1.86. The van der Waals surface area contributed by atoms with Gasteiger partial charge in [0.15, 0.2) is 6.29 Å². The molecule has 0 fully saturated rings. The van der Waals surface area contributed by atoms with E-state index >= 15 is 0 Å². The number of hydrogen-bond acceptors (Lipinski definition) is 2. The summed E-state index contributed by atoms with van der Waals surface area (Å²) in [6, 6.07) is 0. The second-order valence-corrected chi connectivity index (χ2v) is 4.68. The summed E-state index contributed by atoms with van der Waals surface area (Å²) < 4.78 is 5.10. The van der Waals surface area contributed by atoms with Crippen LogP contribution in [0.15, 0.2) is 12.7 Å². The predicted molar refractivity (Wildman–Crippen MR) is 74.0 cm³/mol. The average Bonchev–Trinajstić information content (AvgIpc) is 2.35. The monoisotopic (exact) mass is 242 g/mol. The summed E-state index contributed by atoms with van der Waals surface area (Å²) in [4.78, 5) is 0. The van der Waals surface area contributed by atoms with Crippen molar-refractivity contribution in [1.82, 2.24) is 0 Å². The van der Waals surface area contributed by atoms with Gasteiger partial charge in [0.05, 0.1) is 6.61 Å². The van der Waals surface area contributed by atoms with Crippen molar-refractivity contribution in [1.29, 1.82) is 0 Å². The SMILES string of the molecule is C=CC(O)OCCCCCCCCCCCC. The summed E-state index contributed by atoms with van der Waals surface area (Å²) in [7, 11) is 0. The molecular formula is C15H30O2. The zero-order valence-electron chi connectivity index (χ0n) is 11.5. The van der Waals surface area contributed by atoms with Gasteiger partial charge in [-0.1, -0.05) is 71.3 Å². The minimum atomic E-state index is -0.784. The lowest BCUT2D eigenvalue weighted by Gasteiger charge is -2.06. The van der Waals surface area contributed by atoms with Crippen LogP contribution in [-0.4, -0.2) is 18.0 Å². The lowest BCUT2D eigenvalue weighted by atomic mass is 10.1. The maximum Gasteiger partial charge on any atom is 0.173 e. The maximum absolute atomic E-state index is 9.06. The number of ether oxygens (including phenoxy) is 1. The van der Waals surface area contributed by atoms with Crippen LogP contribution >= 0.6 is 0 Å². The molecule has 0 saturated heterocycles. The van der Waals surface area contributed by atoms with E-state index in [2.05, 4.69) is 13.5 Å². The molecule has 0 aromatic carbocycles. The van der Waals surface area contributed by atoms with Crippen molar-refractivity contribution in [3.63, 3.8) is 0 Å². The van der Waals surface area contributed by atoms with Gasteiger partial charge in [0, 0.05) is 0 Å². The molecule has 1 atom stereocenters. The number of aliphatic hydroxyl groups excluding tert-OH is 1. The Morgan fingerprint density at radius 1 is 0.941 bits per heavy atom. The van der Waals surface area contributed by atoms with Crippen molar-refractivity contribution in [2.75, 3.05) is 6.61 Å². The zero-order valence-corrected chi connectivity index (χ0v) is 11.5. The van der Waals surface area contributed by atoms with Crippen LogP contribution in [0, 0.1) is 0 Å². The average molecular weight is 242 g/mol. The molecule has 0 aliphatic carbocycles. The van der Waals surface area contributed by atoms with Crippen LogP contribution in [0.3, 0.4) is 0 Å². The van der Waals surface area contributed by atoms with E-state index in [9.17, 15) is 0 Å². The van der Waals surface area contributed by atoms with Crippen LogP contribution in [-0.2, 0) is 4.74 Å². The van der Waals surface area contributed by atoms with Gasteiger partial charge in [-0.2, -0.15) is 0 Å². The quantitative estimate of drug-likeness (QED) is 0.294. The molecule has 0 spiro atoms. The number of hydrogen-bond donors (Lipinski definition) is 1. The molecule has 2 nitrogen and oxygen atoms in total. The highest BCUT2D eigenvalue weighted by molar-refractivity contribution is 4.69. The first-order chi connectivity index (χ1) is 8.31. The Balaban J connectivity index is 2.96. The van der Waals surface area contributed by atoms with Crippen LogP contribution in [0.4, 0.5) is 0 Å². The summed E-state index contributed by atoms with van der Waals surface area (Å²) >= 11 is 0. The van der Waals surface area contributed by atoms with Gasteiger partial charge in [0.25, 0.3) is 0 Å². The molecule has 0 bridgehead atoms. The lowest BCUT2D eigenvalue weighted by molar-refractivity contribution is -0.0648. The van der Waals surface area contributed by atoms with E-state index in [-0.39, 0.29) is 0 Å². The third-order valence-electron chi connectivity index (χ3n) is 2.99. The van der Waals surface area contributed by atoms with Crippen molar-refractivity contribution in [3.05, 3.63) is 12.7 Å². The van der Waals surface area contributed by atoms with Crippen molar-refractivity contribution in [3.8, 4) is 0 Å². The van der Waals surface area contributed by atoms with Crippen LogP contribution in [0.1, 0.15) is 71.1 Å². The second kappa shape index (κ2) is 13.7. The molecule has 0 aliphatic rings. The van der Waals surface area contributed by atoms with Crippen molar-refractivity contribution in [2.24, 2.45) is 0 Å². The molecule has 17 heavy (non-hydrogen) atoms. The Hall–Kier alpha value is -0.340. The molecule has 2 heteroatoms. The zero-order chi connectivity index (χ0) is 12.8. The van der Waals surface area contributed by atoms with E-state index in [1.807, 2.05) is 0 Å². The molecule has 102 valence electrons. The summed E-state index contributed by atoms with van der Waals surface area (Å²) in [5.74, 6) is 0. The van der Waals surface area contributed by atoms with Crippen LogP contribution in [0.2, 0.25) is 0 Å². The van der Waals surface area contributed by atoms with Gasteiger partial charge in [-0.3, -0.25) is 0 Å². The number of unbranched alkanes of at least 4 members (excludes halogenated alkanes) is 9. The Bertz CT molecular complexity index is 157. The van der Waals surface area contributed by atoms with E-state index < -0.39 is 6.29 Å². The van der Waals surface area contributed by atoms with Crippen LogP contribution in [0.25, 0.3) is 0 Å². The van der Waals surface area contributed by atoms with Crippen molar-refractivity contribution >= 4 is 0 Å². The van der Waals surface area contributed by atoms with E-state index in [1.165, 1.54) is 63.9 Å². The first kappa shape index (κ1) is 16.7. The molecular weight excluding hydrogens is 212 g/mol. The molecule has 0 heterocycles. The molecule has 0 saturated carbocycles. The molecule has 0 rings (SSSR count). The molecule has 0 aliphatic heterocycles. The van der Waals surface area contributed by atoms with Gasteiger partial charge in [-0.15, -0.1) is 0 Å². The molecule has 1 N–H and O–H groups in total. The van der Waals surface area contributed by atoms with E-state index in [4.69, 9.17) is 9.84 Å². The van der Waals surface area contributed by atoms with E-state index in [1.54, 1.807) is 0 Å². The van der Waals surface area contributed by atoms with Gasteiger partial charge in [0.1, 0.15) is 0 Å². The minimum absolute atomic E-state index is 0.643. The Morgan fingerprint density at radius 2 is 1.41 bits per heavy atom. The molecule has 0 radical (unpaired) electrons. The minimum Gasteiger partial charge on any atom is -0.365 e. The molecule has 0 amide bonds. The lowest BCUT2D eigenvalue weighted by Crippen LogP contribution is -2.08. The summed E-state index contributed by atoms with van der Waals surface area (Å²) in [6.45, 7) is 6.35. The first-order valence-corrected chi connectivity index (χ1v) is 7.23. The van der Waals surface area contributed by atoms with Gasteiger partial charge in [-0.25, -0.2) is 0 Å². The topological polar surface area (TPSA) is 29.5 Å². The number of rotatable bonds is 13. The number of aliphatic hydroxyl groups is 1. The van der Waals surface area contributed by atoms with Crippen molar-refractivity contribution in [2.45, 2.75) is 77.4 Å². The molecule has 0 aromatic rings. The second-order valence-electron chi connectivity index (χ2n) is 4.68. The van der Waals surface area contributed by atoms with E-state index in [0.717, 1.165) is 6.42 Å². The highest BCUT2D eigenvalue weighted by atomic mass is 16.6. The van der Waals surface area contributed by atoms with Gasteiger partial charge in [-0.05, 0) is 12.5 Å². The summed E-state index contributed by atoms with van der Waals surface area (Å²) in [5.41, 5.74) is 0. The van der Waals surface area contributed by atoms with Crippen LogP contribution in [0.5, 0.6) is 0 Å². The maximum atomic E-state index is 9.06. The highest BCUT2D eigenvalue weighted by Crippen LogP contribution is 2.10. The summed E-state index contributed by atoms with van der Waals surface area (Å²) in [6.07, 6.45) is 13.8. The Kier molecular flexibility index (Phi) is 13.4. The van der Waals surface area contributed by atoms with Gasteiger partial charge in [0.2, 0.25) is 0 Å².